The van der Waals surface area contributed by atoms with Gasteiger partial charge in [-0.15, -0.1) is 0 Å². The van der Waals surface area contributed by atoms with E-state index < -0.39 is 6.04 Å². The number of aromatic nitrogens is 2. The molecule has 0 spiro atoms. The van der Waals surface area contributed by atoms with Gasteiger partial charge in [0.25, 0.3) is 0 Å². The first kappa shape index (κ1) is 14.2. The molecule has 104 valence electrons. The van der Waals surface area contributed by atoms with Gasteiger partial charge in [-0.2, -0.15) is 0 Å². The topological polar surface area (TPSA) is 101 Å². The number of amides is 1. The molecule has 0 saturated carbocycles. The summed E-state index contributed by atoms with van der Waals surface area (Å²) in [7, 11) is 0. The predicted molar refractivity (Wildman–Crippen MR) is 75.5 cm³/mol. The highest BCUT2D eigenvalue weighted by Gasteiger charge is 2.15. The van der Waals surface area contributed by atoms with Crippen molar-refractivity contribution in [1.29, 1.82) is 0 Å². The highest BCUT2D eigenvalue weighted by molar-refractivity contribution is 6.28. The summed E-state index contributed by atoms with van der Waals surface area (Å²) < 4.78 is 0. The van der Waals surface area contributed by atoms with E-state index in [0.717, 1.165) is 5.56 Å². The molecule has 4 N–H and O–H groups in total. The number of halogens is 1. The Morgan fingerprint density at radius 2 is 2.05 bits per heavy atom. The monoisotopic (exact) mass is 292 g/mol. The molecular weight excluding hydrogens is 280 g/mol. The molecule has 0 saturated heterocycles. The van der Waals surface area contributed by atoms with Crippen LogP contribution >= 0.6 is 11.6 Å². The van der Waals surface area contributed by atoms with Crippen molar-refractivity contribution in [2.45, 2.75) is 12.5 Å². The number of phenols is 1. The van der Waals surface area contributed by atoms with E-state index in [9.17, 15) is 9.90 Å². The maximum absolute atomic E-state index is 11.9. The Hall–Kier alpha value is -2.18. The van der Waals surface area contributed by atoms with Gasteiger partial charge in [-0.3, -0.25) is 4.79 Å². The van der Waals surface area contributed by atoms with Gasteiger partial charge in [-0.1, -0.05) is 12.1 Å². The highest BCUT2D eigenvalue weighted by Crippen LogP contribution is 2.12. The van der Waals surface area contributed by atoms with E-state index in [1.54, 1.807) is 24.3 Å². The number of benzene rings is 1. The summed E-state index contributed by atoms with van der Waals surface area (Å²) in [5, 5.41) is 11.8. The van der Waals surface area contributed by atoms with Gasteiger partial charge in [0.2, 0.25) is 11.2 Å². The lowest BCUT2D eigenvalue weighted by molar-refractivity contribution is -0.117. The van der Waals surface area contributed by atoms with Crippen molar-refractivity contribution in [2.24, 2.45) is 5.73 Å². The smallest absolute Gasteiger partial charge is 0.242 e. The second kappa shape index (κ2) is 6.31. The average Bonchev–Trinajstić information content (AvgIpc) is 2.41. The van der Waals surface area contributed by atoms with E-state index in [4.69, 9.17) is 17.3 Å². The Morgan fingerprint density at radius 3 is 2.70 bits per heavy atom. The van der Waals surface area contributed by atoms with Gasteiger partial charge in [0.05, 0.1) is 6.04 Å². The van der Waals surface area contributed by atoms with Gasteiger partial charge in [0.15, 0.2) is 0 Å². The lowest BCUT2D eigenvalue weighted by Gasteiger charge is -2.12. The fourth-order valence-electron chi connectivity index (χ4n) is 1.60. The molecule has 1 amide bonds. The minimum Gasteiger partial charge on any atom is -0.508 e. The molecule has 6 nitrogen and oxygen atoms in total. The number of phenolic OH excluding ortho intramolecular Hbond substituents is 1. The van der Waals surface area contributed by atoms with Gasteiger partial charge in [0.1, 0.15) is 11.6 Å². The normalized spacial score (nSPS) is 11.9. The molecule has 0 bridgehead atoms. The fourth-order valence-corrected chi connectivity index (χ4v) is 1.75. The number of hydrogen-bond donors (Lipinski definition) is 3. The Labute approximate surface area is 120 Å². The molecule has 1 atom stereocenters. The van der Waals surface area contributed by atoms with E-state index in [0.29, 0.717) is 12.2 Å². The van der Waals surface area contributed by atoms with Crippen LogP contribution in [0, 0.1) is 0 Å². The van der Waals surface area contributed by atoms with Gasteiger partial charge < -0.3 is 16.2 Å². The van der Waals surface area contributed by atoms with Crippen LogP contribution in [0.4, 0.5) is 5.82 Å². The Morgan fingerprint density at radius 1 is 1.35 bits per heavy atom. The molecule has 2 rings (SSSR count). The average molecular weight is 293 g/mol. The molecule has 0 fully saturated rings. The third-order valence-corrected chi connectivity index (χ3v) is 2.79. The van der Waals surface area contributed by atoms with Gasteiger partial charge in [0, 0.05) is 6.20 Å². The second-order valence-electron chi connectivity index (χ2n) is 4.18. The maximum atomic E-state index is 11.9. The SMILES string of the molecule is NC(Cc1ccc(O)cc1)C(=O)Nc1ccnc(Cl)n1. The fraction of sp³-hybridized carbons (Fsp3) is 0.154. The van der Waals surface area contributed by atoms with Gasteiger partial charge >= 0.3 is 0 Å². The molecule has 0 aliphatic rings. The second-order valence-corrected chi connectivity index (χ2v) is 4.52. The number of carbonyl (C=O) groups is 1. The van der Waals surface area contributed by atoms with Crippen LogP contribution in [0.15, 0.2) is 36.5 Å². The number of carbonyl (C=O) groups excluding carboxylic acids is 1. The van der Waals surface area contributed by atoms with Crippen LogP contribution in [0.1, 0.15) is 5.56 Å². The van der Waals surface area contributed by atoms with Crippen LogP contribution in [0.25, 0.3) is 0 Å². The zero-order valence-electron chi connectivity index (χ0n) is 10.5. The zero-order valence-corrected chi connectivity index (χ0v) is 11.2. The molecule has 1 unspecified atom stereocenters. The van der Waals surface area contributed by atoms with E-state index in [2.05, 4.69) is 15.3 Å². The lowest BCUT2D eigenvalue weighted by atomic mass is 10.1. The number of rotatable bonds is 4. The lowest BCUT2D eigenvalue weighted by Crippen LogP contribution is -2.37. The van der Waals surface area contributed by atoms with Crippen LogP contribution in [0.3, 0.4) is 0 Å². The summed E-state index contributed by atoms with van der Waals surface area (Å²) >= 11 is 5.62. The summed E-state index contributed by atoms with van der Waals surface area (Å²) in [6.45, 7) is 0. The first-order valence-corrected chi connectivity index (χ1v) is 6.25. The van der Waals surface area contributed by atoms with E-state index in [1.807, 2.05) is 0 Å². The van der Waals surface area contributed by atoms with Crippen LogP contribution < -0.4 is 11.1 Å². The number of nitrogens with one attached hydrogen (secondary N) is 1. The van der Waals surface area contributed by atoms with Crippen LogP contribution in [-0.4, -0.2) is 27.0 Å². The first-order valence-electron chi connectivity index (χ1n) is 5.87. The first-order chi connectivity index (χ1) is 9.54. The summed E-state index contributed by atoms with van der Waals surface area (Å²) in [6, 6.07) is 7.31. The van der Waals surface area contributed by atoms with E-state index in [-0.39, 0.29) is 16.9 Å². The van der Waals surface area contributed by atoms with Gasteiger partial charge in [-0.25, -0.2) is 9.97 Å². The Bertz CT molecular complexity index is 604. The molecule has 1 aromatic heterocycles. The van der Waals surface area contributed by atoms with Crippen LogP contribution in [-0.2, 0) is 11.2 Å². The van der Waals surface area contributed by atoms with Crippen molar-refractivity contribution in [2.75, 3.05) is 5.32 Å². The largest absolute Gasteiger partial charge is 0.508 e. The van der Waals surface area contributed by atoms with Crippen molar-refractivity contribution in [1.82, 2.24) is 9.97 Å². The molecule has 20 heavy (non-hydrogen) atoms. The molecule has 1 aromatic carbocycles. The predicted octanol–water partition coefficient (Wildman–Crippen LogP) is 1.34. The molecule has 0 aliphatic heterocycles. The quantitative estimate of drug-likeness (QED) is 0.738. The third-order valence-electron chi connectivity index (χ3n) is 2.61. The molecule has 0 radical (unpaired) electrons. The van der Waals surface area contributed by atoms with Crippen LogP contribution in [0.5, 0.6) is 5.75 Å². The Balaban J connectivity index is 1.96. The summed E-state index contributed by atoms with van der Waals surface area (Å²) in [5.41, 5.74) is 6.68. The zero-order chi connectivity index (χ0) is 14.5. The molecule has 1 heterocycles. The molecule has 7 heteroatoms. The number of anilines is 1. The summed E-state index contributed by atoms with van der Waals surface area (Å²) in [6.07, 6.45) is 1.79. The van der Waals surface area contributed by atoms with E-state index in [1.165, 1.54) is 12.3 Å². The number of hydrogen-bond acceptors (Lipinski definition) is 5. The number of nitrogens with two attached hydrogens (primary N) is 1. The maximum Gasteiger partial charge on any atom is 0.242 e. The molecule has 2 aromatic rings. The van der Waals surface area contributed by atoms with Crippen molar-refractivity contribution < 1.29 is 9.90 Å². The third kappa shape index (κ3) is 3.91. The van der Waals surface area contributed by atoms with E-state index >= 15 is 0 Å². The minimum absolute atomic E-state index is 0.0508. The summed E-state index contributed by atoms with van der Waals surface area (Å²) in [5.74, 6) is 0.103. The standard InChI is InChI=1S/C13H13ClN4O2/c14-13-16-6-5-11(18-13)17-12(20)10(15)7-8-1-3-9(19)4-2-8/h1-6,10,19H,7,15H2,(H,16,17,18,20). The molecular formula is C13H13ClN4O2. The van der Waals surface area contributed by atoms with Crippen molar-refractivity contribution in [3.8, 4) is 5.75 Å². The highest BCUT2D eigenvalue weighted by atomic mass is 35.5. The Kier molecular flexibility index (Phi) is 4.49. The van der Waals surface area contributed by atoms with Crippen LogP contribution in [0.2, 0.25) is 5.28 Å². The molecule has 0 aliphatic carbocycles. The minimum atomic E-state index is -0.728. The van der Waals surface area contributed by atoms with Crippen molar-refractivity contribution in [3.05, 3.63) is 47.4 Å². The van der Waals surface area contributed by atoms with Gasteiger partial charge in [-0.05, 0) is 41.8 Å². The van der Waals surface area contributed by atoms with Crippen molar-refractivity contribution >= 4 is 23.3 Å². The summed E-state index contributed by atoms with van der Waals surface area (Å²) in [4.78, 5) is 19.5. The number of nitrogens with zero attached hydrogens (tertiary/aromatic N) is 2. The number of aromatic hydroxyl groups is 1. The van der Waals surface area contributed by atoms with Crippen molar-refractivity contribution in [3.63, 3.8) is 0 Å².